The summed E-state index contributed by atoms with van der Waals surface area (Å²) in [6.45, 7) is 6.21. The summed E-state index contributed by atoms with van der Waals surface area (Å²) < 4.78 is 5.55. The number of carbonyl (C=O) groups is 1. The second-order valence-corrected chi connectivity index (χ2v) is 7.82. The van der Waals surface area contributed by atoms with Crippen molar-refractivity contribution in [2.75, 3.05) is 0 Å². The van der Waals surface area contributed by atoms with Gasteiger partial charge in [-0.15, -0.1) is 0 Å². The SMILES string of the molecule is CCCCC1(OC(=O)C(C)(I)CC)CCCC1. The smallest absolute Gasteiger partial charge is 0.322 e. The maximum atomic E-state index is 12.2. The number of rotatable bonds is 6. The minimum absolute atomic E-state index is 0.0152. The monoisotopic (exact) mass is 352 g/mol. The Morgan fingerprint density at radius 2 is 1.94 bits per heavy atom. The molecule has 0 N–H and O–H groups in total. The molecule has 0 radical (unpaired) electrons. The molecule has 1 saturated carbocycles. The van der Waals surface area contributed by atoms with Crippen LogP contribution in [0, 0.1) is 0 Å². The van der Waals surface area contributed by atoms with E-state index in [0.29, 0.717) is 0 Å². The third-order valence-electron chi connectivity index (χ3n) is 3.90. The zero-order valence-corrected chi connectivity index (χ0v) is 13.5. The van der Waals surface area contributed by atoms with Crippen molar-refractivity contribution in [1.29, 1.82) is 0 Å². The van der Waals surface area contributed by atoms with E-state index in [2.05, 4.69) is 29.5 Å². The molecule has 0 spiro atoms. The van der Waals surface area contributed by atoms with Gasteiger partial charge < -0.3 is 4.74 Å². The van der Waals surface area contributed by atoms with Crippen molar-refractivity contribution in [3.8, 4) is 0 Å². The molecule has 0 aromatic carbocycles. The minimum atomic E-state index is -0.362. The molecule has 1 rings (SSSR count). The summed E-state index contributed by atoms with van der Waals surface area (Å²) >= 11 is 2.22. The highest BCUT2D eigenvalue weighted by Crippen LogP contribution is 2.39. The Morgan fingerprint density at radius 3 is 2.41 bits per heavy atom. The van der Waals surface area contributed by atoms with Crippen molar-refractivity contribution in [3.05, 3.63) is 0 Å². The number of carbonyl (C=O) groups excluding carboxylic acids is 1. The van der Waals surface area contributed by atoms with Gasteiger partial charge in [0, 0.05) is 0 Å². The molecular weight excluding hydrogens is 327 g/mol. The van der Waals surface area contributed by atoms with E-state index in [1.54, 1.807) is 0 Å². The fourth-order valence-corrected chi connectivity index (χ4v) is 2.48. The van der Waals surface area contributed by atoms with Crippen LogP contribution in [0.25, 0.3) is 0 Å². The number of halogens is 1. The van der Waals surface area contributed by atoms with E-state index >= 15 is 0 Å². The number of unbranched alkanes of at least 4 members (excludes halogenated alkanes) is 1. The summed E-state index contributed by atoms with van der Waals surface area (Å²) in [4.78, 5) is 12.2. The Hall–Kier alpha value is 0.200. The summed E-state index contributed by atoms with van der Waals surface area (Å²) in [5, 5.41) is 0. The summed E-state index contributed by atoms with van der Waals surface area (Å²) in [6.07, 6.45) is 8.76. The first kappa shape index (κ1) is 15.3. The molecule has 1 fully saturated rings. The van der Waals surface area contributed by atoms with Crippen LogP contribution in [0.1, 0.15) is 72.1 Å². The highest BCUT2D eigenvalue weighted by molar-refractivity contribution is 14.1. The molecule has 1 atom stereocenters. The molecule has 0 amide bonds. The van der Waals surface area contributed by atoms with Gasteiger partial charge in [0.2, 0.25) is 0 Å². The van der Waals surface area contributed by atoms with E-state index in [9.17, 15) is 4.79 Å². The minimum Gasteiger partial charge on any atom is -0.458 e. The molecule has 1 unspecified atom stereocenters. The second-order valence-electron chi connectivity index (χ2n) is 5.43. The van der Waals surface area contributed by atoms with Gasteiger partial charge in [-0.1, -0.05) is 42.9 Å². The van der Waals surface area contributed by atoms with E-state index in [0.717, 1.165) is 32.1 Å². The summed E-state index contributed by atoms with van der Waals surface area (Å²) in [7, 11) is 0. The lowest BCUT2D eigenvalue weighted by Crippen LogP contribution is -2.39. The fraction of sp³-hybridized carbons (Fsp3) is 0.929. The standard InChI is InChI=1S/C14H25IO2/c1-4-6-9-14(10-7-8-11-14)17-12(16)13(3,15)5-2/h4-11H2,1-3H3. The van der Waals surface area contributed by atoms with E-state index in [1.807, 2.05) is 13.8 Å². The Morgan fingerprint density at radius 1 is 1.35 bits per heavy atom. The van der Waals surface area contributed by atoms with E-state index in [1.165, 1.54) is 19.3 Å². The molecule has 2 nitrogen and oxygen atoms in total. The van der Waals surface area contributed by atoms with E-state index in [-0.39, 0.29) is 15.0 Å². The van der Waals surface area contributed by atoms with Crippen molar-refractivity contribution in [3.63, 3.8) is 0 Å². The van der Waals surface area contributed by atoms with Crippen LogP contribution in [0.15, 0.2) is 0 Å². The van der Waals surface area contributed by atoms with Crippen LogP contribution in [0.5, 0.6) is 0 Å². The summed E-state index contributed by atoms with van der Waals surface area (Å²) in [6, 6.07) is 0. The highest BCUT2D eigenvalue weighted by atomic mass is 127. The Kier molecular flexibility index (Phi) is 5.74. The van der Waals surface area contributed by atoms with Crippen molar-refractivity contribution in [2.45, 2.75) is 81.2 Å². The number of ether oxygens (including phenoxy) is 1. The van der Waals surface area contributed by atoms with E-state index < -0.39 is 0 Å². The molecule has 0 saturated heterocycles. The quantitative estimate of drug-likeness (QED) is 0.396. The Balaban J connectivity index is 2.64. The van der Waals surface area contributed by atoms with Crippen LogP contribution in [0.2, 0.25) is 0 Å². The van der Waals surface area contributed by atoms with Crippen LogP contribution < -0.4 is 0 Å². The van der Waals surface area contributed by atoms with E-state index in [4.69, 9.17) is 4.74 Å². The van der Waals surface area contributed by atoms with Crippen molar-refractivity contribution in [2.24, 2.45) is 0 Å². The van der Waals surface area contributed by atoms with Gasteiger partial charge in [-0.25, -0.2) is 0 Å². The van der Waals surface area contributed by atoms with Gasteiger partial charge in [-0.2, -0.15) is 0 Å². The van der Waals surface area contributed by atoms with Gasteiger partial charge in [0.1, 0.15) is 9.02 Å². The molecule has 0 aromatic heterocycles. The fourth-order valence-electron chi connectivity index (χ4n) is 2.37. The van der Waals surface area contributed by atoms with Crippen molar-refractivity contribution in [1.82, 2.24) is 0 Å². The van der Waals surface area contributed by atoms with Crippen LogP contribution in [0.3, 0.4) is 0 Å². The van der Waals surface area contributed by atoms with Gasteiger partial charge in [0.05, 0.1) is 0 Å². The number of alkyl halides is 1. The lowest BCUT2D eigenvalue weighted by Gasteiger charge is -2.32. The van der Waals surface area contributed by atoms with Crippen molar-refractivity contribution < 1.29 is 9.53 Å². The lowest BCUT2D eigenvalue weighted by molar-refractivity contribution is -0.162. The zero-order chi connectivity index (χ0) is 12.9. The molecular formula is C14H25IO2. The average molecular weight is 352 g/mol. The van der Waals surface area contributed by atoms with Crippen LogP contribution >= 0.6 is 22.6 Å². The zero-order valence-electron chi connectivity index (χ0n) is 11.4. The van der Waals surface area contributed by atoms with Gasteiger partial charge in [0.25, 0.3) is 0 Å². The average Bonchev–Trinajstić information content (AvgIpc) is 2.75. The molecule has 17 heavy (non-hydrogen) atoms. The molecule has 0 aliphatic heterocycles. The maximum absolute atomic E-state index is 12.2. The predicted octanol–water partition coefficient (Wildman–Crippen LogP) is 4.64. The number of esters is 1. The lowest BCUT2D eigenvalue weighted by atomic mass is 9.94. The first-order valence-electron chi connectivity index (χ1n) is 6.88. The van der Waals surface area contributed by atoms with Crippen molar-refractivity contribution >= 4 is 28.6 Å². The van der Waals surface area contributed by atoms with Crippen LogP contribution in [-0.2, 0) is 9.53 Å². The molecule has 0 aromatic rings. The van der Waals surface area contributed by atoms with Crippen LogP contribution in [-0.4, -0.2) is 15.0 Å². The first-order chi connectivity index (χ1) is 7.96. The topological polar surface area (TPSA) is 26.3 Å². The number of hydrogen-bond acceptors (Lipinski definition) is 2. The summed E-state index contributed by atoms with van der Waals surface area (Å²) in [5.41, 5.74) is -0.130. The largest absolute Gasteiger partial charge is 0.458 e. The third kappa shape index (κ3) is 4.11. The second kappa shape index (κ2) is 6.39. The molecule has 3 heteroatoms. The van der Waals surface area contributed by atoms with Gasteiger partial charge in [0.15, 0.2) is 0 Å². The third-order valence-corrected chi connectivity index (χ3v) is 5.10. The van der Waals surface area contributed by atoms with Gasteiger partial charge in [-0.05, 0) is 51.9 Å². The number of hydrogen-bond donors (Lipinski definition) is 0. The molecule has 0 bridgehead atoms. The molecule has 0 heterocycles. The Bertz CT molecular complexity index is 255. The molecule has 1 aliphatic carbocycles. The van der Waals surface area contributed by atoms with Gasteiger partial charge >= 0.3 is 5.97 Å². The van der Waals surface area contributed by atoms with Gasteiger partial charge in [-0.3, -0.25) is 4.79 Å². The predicted molar refractivity (Wildman–Crippen MR) is 79.5 cm³/mol. The molecule has 100 valence electrons. The first-order valence-corrected chi connectivity index (χ1v) is 7.96. The maximum Gasteiger partial charge on any atom is 0.322 e. The normalized spacial score (nSPS) is 22.1. The Labute approximate surface area is 119 Å². The molecule has 1 aliphatic rings. The summed E-state index contributed by atoms with van der Waals surface area (Å²) in [5.74, 6) is -0.0152. The van der Waals surface area contributed by atoms with Crippen LogP contribution in [0.4, 0.5) is 0 Å². The highest BCUT2D eigenvalue weighted by Gasteiger charge is 2.41.